The first kappa shape index (κ1) is 17.6. The Labute approximate surface area is 141 Å². The van der Waals surface area contributed by atoms with E-state index in [0.717, 1.165) is 25.3 Å². The van der Waals surface area contributed by atoms with E-state index in [-0.39, 0.29) is 0 Å². The zero-order valence-corrected chi connectivity index (χ0v) is 14.7. The fourth-order valence-electron chi connectivity index (χ4n) is 2.95. The summed E-state index contributed by atoms with van der Waals surface area (Å²) in [4.78, 5) is 2.44. The number of rotatable bonds is 9. The second-order valence-corrected chi connectivity index (χ2v) is 6.21. The van der Waals surface area contributed by atoms with Crippen molar-refractivity contribution in [1.29, 1.82) is 0 Å². The van der Waals surface area contributed by atoms with Gasteiger partial charge in [-0.05, 0) is 62.0 Å². The van der Waals surface area contributed by atoms with Gasteiger partial charge in [0.25, 0.3) is 0 Å². The van der Waals surface area contributed by atoms with E-state index in [2.05, 4.69) is 67.4 Å². The average Bonchev–Trinajstić information content (AvgIpc) is 2.61. The molecule has 2 aromatic carbocycles. The number of likely N-dealkylation sites (N-methyl/N-ethyl adjacent to an activating group) is 1. The lowest BCUT2D eigenvalue weighted by molar-refractivity contribution is 0.319. The van der Waals surface area contributed by atoms with Crippen LogP contribution in [0, 0.1) is 0 Å². The minimum Gasteiger partial charge on any atom is -0.497 e. The Balaban J connectivity index is 1.82. The van der Waals surface area contributed by atoms with Crippen LogP contribution in [0.1, 0.15) is 36.8 Å². The third-order valence-corrected chi connectivity index (χ3v) is 4.54. The van der Waals surface area contributed by atoms with Gasteiger partial charge in [0.2, 0.25) is 0 Å². The van der Waals surface area contributed by atoms with Crippen LogP contribution in [0.25, 0.3) is 0 Å². The fourth-order valence-corrected chi connectivity index (χ4v) is 2.95. The molecule has 0 saturated heterocycles. The van der Waals surface area contributed by atoms with E-state index in [9.17, 15) is 0 Å². The van der Waals surface area contributed by atoms with Crippen molar-refractivity contribution in [3.05, 3.63) is 65.7 Å². The molecule has 2 nitrogen and oxygen atoms in total. The van der Waals surface area contributed by atoms with Crippen molar-refractivity contribution in [2.75, 3.05) is 27.2 Å². The molecule has 2 rings (SSSR count). The molecule has 124 valence electrons. The van der Waals surface area contributed by atoms with Gasteiger partial charge < -0.3 is 9.64 Å². The SMILES string of the molecule is CCC(CCN(C)CCc1ccccc1)c1cccc(OC)c1. The molecule has 0 heterocycles. The number of methoxy groups -OCH3 is 1. The standard InChI is InChI=1S/C21H29NO/c1-4-19(20-11-8-12-21(17-20)23-3)14-16-22(2)15-13-18-9-6-5-7-10-18/h5-12,17,19H,4,13-16H2,1-3H3. The van der Waals surface area contributed by atoms with Crippen molar-refractivity contribution in [3.63, 3.8) is 0 Å². The molecule has 0 N–H and O–H groups in total. The molecule has 0 saturated carbocycles. The summed E-state index contributed by atoms with van der Waals surface area (Å²) < 4.78 is 5.35. The molecule has 1 unspecified atom stereocenters. The summed E-state index contributed by atoms with van der Waals surface area (Å²) in [5, 5.41) is 0. The van der Waals surface area contributed by atoms with Crippen LogP contribution < -0.4 is 4.74 Å². The molecule has 0 radical (unpaired) electrons. The van der Waals surface area contributed by atoms with E-state index in [1.54, 1.807) is 7.11 Å². The third kappa shape index (κ3) is 5.72. The van der Waals surface area contributed by atoms with E-state index >= 15 is 0 Å². The second-order valence-electron chi connectivity index (χ2n) is 6.21. The molecular formula is C21H29NO. The van der Waals surface area contributed by atoms with Crippen molar-refractivity contribution in [3.8, 4) is 5.75 Å². The highest BCUT2D eigenvalue weighted by molar-refractivity contribution is 5.30. The van der Waals surface area contributed by atoms with Crippen LogP contribution in [0.3, 0.4) is 0 Å². The van der Waals surface area contributed by atoms with Crippen LogP contribution in [-0.2, 0) is 6.42 Å². The van der Waals surface area contributed by atoms with E-state index < -0.39 is 0 Å². The van der Waals surface area contributed by atoms with Gasteiger partial charge in [-0.2, -0.15) is 0 Å². The number of hydrogen-bond donors (Lipinski definition) is 0. The molecular weight excluding hydrogens is 282 g/mol. The number of hydrogen-bond acceptors (Lipinski definition) is 2. The summed E-state index contributed by atoms with van der Waals surface area (Å²) in [5.41, 5.74) is 2.81. The van der Waals surface area contributed by atoms with Gasteiger partial charge in [0, 0.05) is 6.54 Å². The fraction of sp³-hybridized carbons (Fsp3) is 0.429. The average molecular weight is 311 g/mol. The predicted molar refractivity (Wildman–Crippen MR) is 98.3 cm³/mol. The summed E-state index contributed by atoms with van der Waals surface area (Å²) in [6.07, 6.45) is 3.47. The highest BCUT2D eigenvalue weighted by Gasteiger charge is 2.11. The van der Waals surface area contributed by atoms with E-state index in [0.29, 0.717) is 5.92 Å². The Morgan fingerprint density at radius 1 is 1.00 bits per heavy atom. The third-order valence-electron chi connectivity index (χ3n) is 4.54. The molecule has 0 aliphatic heterocycles. The maximum Gasteiger partial charge on any atom is 0.119 e. The Morgan fingerprint density at radius 2 is 1.78 bits per heavy atom. The Kier molecular flexibility index (Phi) is 7.15. The van der Waals surface area contributed by atoms with Gasteiger partial charge in [0.1, 0.15) is 5.75 Å². The van der Waals surface area contributed by atoms with Crippen molar-refractivity contribution in [2.45, 2.75) is 32.1 Å². The first-order valence-electron chi connectivity index (χ1n) is 8.59. The van der Waals surface area contributed by atoms with Crippen LogP contribution in [-0.4, -0.2) is 32.1 Å². The van der Waals surface area contributed by atoms with E-state index in [1.165, 1.54) is 24.0 Å². The molecule has 1 atom stereocenters. The molecule has 23 heavy (non-hydrogen) atoms. The van der Waals surface area contributed by atoms with Gasteiger partial charge in [-0.15, -0.1) is 0 Å². The van der Waals surface area contributed by atoms with Gasteiger partial charge in [0.15, 0.2) is 0 Å². The van der Waals surface area contributed by atoms with Gasteiger partial charge >= 0.3 is 0 Å². The first-order chi connectivity index (χ1) is 11.2. The number of ether oxygens (including phenoxy) is 1. The van der Waals surface area contributed by atoms with Crippen molar-refractivity contribution in [2.24, 2.45) is 0 Å². The lowest BCUT2D eigenvalue weighted by atomic mass is 9.93. The van der Waals surface area contributed by atoms with Gasteiger partial charge in [-0.1, -0.05) is 49.4 Å². The minimum atomic E-state index is 0.601. The molecule has 0 fully saturated rings. The summed E-state index contributed by atoms with van der Waals surface area (Å²) >= 11 is 0. The van der Waals surface area contributed by atoms with Gasteiger partial charge in [0.05, 0.1) is 7.11 Å². The van der Waals surface area contributed by atoms with Crippen molar-refractivity contribution >= 4 is 0 Å². The van der Waals surface area contributed by atoms with Gasteiger partial charge in [-0.25, -0.2) is 0 Å². The van der Waals surface area contributed by atoms with Crippen LogP contribution in [0.4, 0.5) is 0 Å². The maximum atomic E-state index is 5.35. The Bertz CT molecular complexity index is 567. The molecule has 0 aliphatic carbocycles. The quantitative estimate of drug-likeness (QED) is 0.662. The molecule has 2 aromatic rings. The molecule has 2 heteroatoms. The monoisotopic (exact) mass is 311 g/mol. The van der Waals surface area contributed by atoms with E-state index in [1.807, 2.05) is 6.07 Å². The topological polar surface area (TPSA) is 12.5 Å². The zero-order chi connectivity index (χ0) is 16.5. The van der Waals surface area contributed by atoms with Crippen molar-refractivity contribution < 1.29 is 4.74 Å². The van der Waals surface area contributed by atoms with Crippen LogP contribution in [0.15, 0.2) is 54.6 Å². The molecule has 0 aliphatic rings. The highest BCUT2D eigenvalue weighted by Crippen LogP contribution is 2.26. The van der Waals surface area contributed by atoms with Gasteiger partial charge in [-0.3, -0.25) is 0 Å². The summed E-state index contributed by atoms with van der Waals surface area (Å²) in [6, 6.07) is 19.2. The lowest BCUT2D eigenvalue weighted by Gasteiger charge is -2.21. The highest BCUT2D eigenvalue weighted by atomic mass is 16.5. The molecule has 0 bridgehead atoms. The summed E-state index contributed by atoms with van der Waals surface area (Å²) in [6.45, 7) is 4.51. The van der Waals surface area contributed by atoms with E-state index in [4.69, 9.17) is 4.74 Å². The minimum absolute atomic E-state index is 0.601. The second kappa shape index (κ2) is 9.36. The molecule has 0 aromatic heterocycles. The number of nitrogens with zero attached hydrogens (tertiary/aromatic N) is 1. The Hall–Kier alpha value is -1.80. The lowest BCUT2D eigenvalue weighted by Crippen LogP contribution is -2.23. The normalized spacial score (nSPS) is 12.3. The number of benzene rings is 2. The van der Waals surface area contributed by atoms with Crippen LogP contribution in [0.2, 0.25) is 0 Å². The largest absolute Gasteiger partial charge is 0.497 e. The first-order valence-corrected chi connectivity index (χ1v) is 8.59. The molecule has 0 spiro atoms. The Morgan fingerprint density at radius 3 is 2.48 bits per heavy atom. The smallest absolute Gasteiger partial charge is 0.119 e. The maximum absolute atomic E-state index is 5.35. The van der Waals surface area contributed by atoms with Crippen LogP contribution >= 0.6 is 0 Å². The van der Waals surface area contributed by atoms with Crippen molar-refractivity contribution in [1.82, 2.24) is 4.90 Å². The summed E-state index contributed by atoms with van der Waals surface area (Å²) in [7, 11) is 3.96. The zero-order valence-electron chi connectivity index (χ0n) is 14.7. The van der Waals surface area contributed by atoms with Crippen LogP contribution in [0.5, 0.6) is 5.75 Å². The summed E-state index contributed by atoms with van der Waals surface area (Å²) in [5.74, 6) is 1.56. The predicted octanol–water partition coefficient (Wildman–Crippen LogP) is 4.75. The molecule has 0 amide bonds.